The number of nitrogens with zero attached hydrogens (tertiary/aromatic N) is 2. The van der Waals surface area contributed by atoms with Crippen LogP contribution in [0, 0.1) is 0 Å². The van der Waals surface area contributed by atoms with Crippen LogP contribution in [0.5, 0.6) is 0 Å². The fourth-order valence-electron chi connectivity index (χ4n) is 1.64. The minimum Gasteiger partial charge on any atom is -0.366 e. The molecule has 4 heteroatoms. The van der Waals surface area contributed by atoms with Crippen LogP contribution in [0.1, 0.15) is 6.42 Å². The molecule has 0 atom stereocenters. The lowest BCUT2D eigenvalue weighted by Crippen LogP contribution is -2.32. The summed E-state index contributed by atoms with van der Waals surface area (Å²) in [6.07, 6.45) is 4.34. The normalized spacial score (nSPS) is 16.0. The molecule has 15 heavy (non-hydrogen) atoms. The largest absolute Gasteiger partial charge is 0.366 e. The van der Waals surface area contributed by atoms with Crippen molar-refractivity contribution >= 4 is 11.7 Å². The second-order valence-corrected chi connectivity index (χ2v) is 3.48. The Morgan fingerprint density at radius 1 is 1.47 bits per heavy atom. The standard InChI is InChI=1S/C11H13N3O/c12-11(15)9-4-7-14(8-5-9)10-3-1-2-6-13-10/h1-4,6H,5,7-8H2,(H2,12,15). The second kappa shape index (κ2) is 4.13. The van der Waals surface area contributed by atoms with E-state index in [0.717, 1.165) is 17.9 Å². The van der Waals surface area contributed by atoms with Crippen LogP contribution in [-0.2, 0) is 4.79 Å². The minimum atomic E-state index is -0.310. The van der Waals surface area contributed by atoms with Crippen LogP contribution in [0.3, 0.4) is 0 Å². The summed E-state index contributed by atoms with van der Waals surface area (Å²) in [4.78, 5) is 17.3. The molecule has 1 aliphatic rings. The highest BCUT2D eigenvalue weighted by Gasteiger charge is 2.15. The summed E-state index contributed by atoms with van der Waals surface area (Å²) in [5.41, 5.74) is 5.93. The highest BCUT2D eigenvalue weighted by atomic mass is 16.1. The lowest BCUT2D eigenvalue weighted by Gasteiger charge is -2.26. The van der Waals surface area contributed by atoms with Gasteiger partial charge in [0.2, 0.25) is 5.91 Å². The van der Waals surface area contributed by atoms with Gasteiger partial charge in [0.25, 0.3) is 0 Å². The Kier molecular flexibility index (Phi) is 2.67. The van der Waals surface area contributed by atoms with Gasteiger partial charge in [-0.05, 0) is 18.6 Å². The number of carbonyl (C=O) groups is 1. The molecule has 1 aliphatic heterocycles. The average molecular weight is 203 g/mol. The number of rotatable bonds is 2. The summed E-state index contributed by atoms with van der Waals surface area (Å²) in [7, 11) is 0. The Morgan fingerprint density at radius 3 is 2.87 bits per heavy atom. The van der Waals surface area contributed by atoms with Crippen LogP contribution in [0.4, 0.5) is 5.82 Å². The molecule has 0 bridgehead atoms. The zero-order chi connectivity index (χ0) is 10.7. The molecule has 1 aromatic rings. The van der Waals surface area contributed by atoms with Crippen LogP contribution in [0.25, 0.3) is 0 Å². The van der Waals surface area contributed by atoms with Crippen LogP contribution < -0.4 is 10.6 Å². The number of pyridine rings is 1. The SMILES string of the molecule is NC(=O)C1=CCN(c2ccccn2)CC1. The molecule has 0 aliphatic carbocycles. The van der Waals surface area contributed by atoms with Gasteiger partial charge >= 0.3 is 0 Å². The van der Waals surface area contributed by atoms with E-state index < -0.39 is 0 Å². The van der Waals surface area contributed by atoms with E-state index in [0.29, 0.717) is 13.0 Å². The zero-order valence-corrected chi connectivity index (χ0v) is 8.39. The van der Waals surface area contributed by atoms with E-state index in [1.54, 1.807) is 6.20 Å². The van der Waals surface area contributed by atoms with Gasteiger partial charge in [0.15, 0.2) is 0 Å². The van der Waals surface area contributed by atoms with E-state index >= 15 is 0 Å². The third kappa shape index (κ3) is 2.15. The van der Waals surface area contributed by atoms with Crippen molar-refractivity contribution in [3.63, 3.8) is 0 Å². The Labute approximate surface area is 88.4 Å². The summed E-state index contributed by atoms with van der Waals surface area (Å²) in [5, 5.41) is 0. The highest BCUT2D eigenvalue weighted by molar-refractivity contribution is 5.92. The van der Waals surface area contributed by atoms with Crippen molar-refractivity contribution in [2.45, 2.75) is 6.42 Å². The molecule has 0 radical (unpaired) electrons. The van der Waals surface area contributed by atoms with Gasteiger partial charge in [-0.15, -0.1) is 0 Å². The van der Waals surface area contributed by atoms with Gasteiger partial charge < -0.3 is 10.6 Å². The molecule has 0 aromatic carbocycles. The fraction of sp³-hybridized carbons (Fsp3) is 0.273. The topological polar surface area (TPSA) is 59.2 Å². The molecule has 0 spiro atoms. The number of anilines is 1. The molecule has 1 aromatic heterocycles. The molecule has 0 fully saturated rings. The predicted octanol–water partition coefficient (Wildman–Crippen LogP) is 0.703. The molecule has 0 saturated carbocycles. The first kappa shape index (κ1) is 9.71. The molecule has 2 heterocycles. The number of nitrogens with two attached hydrogens (primary N) is 1. The van der Waals surface area contributed by atoms with E-state index in [-0.39, 0.29) is 5.91 Å². The maximum Gasteiger partial charge on any atom is 0.244 e. The number of primary amides is 1. The molecule has 4 nitrogen and oxygen atoms in total. The Balaban J connectivity index is 2.09. The minimum absolute atomic E-state index is 0.310. The molecular weight excluding hydrogens is 190 g/mol. The van der Waals surface area contributed by atoms with Gasteiger partial charge in [-0.1, -0.05) is 12.1 Å². The second-order valence-electron chi connectivity index (χ2n) is 3.48. The summed E-state index contributed by atoms with van der Waals surface area (Å²) in [6, 6.07) is 5.80. The van der Waals surface area contributed by atoms with Crippen LogP contribution in [0.15, 0.2) is 36.0 Å². The lowest BCUT2D eigenvalue weighted by molar-refractivity contribution is -0.114. The van der Waals surface area contributed by atoms with E-state index in [1.165, 1.54) is 0 Å². The van der Waals surface area contributed by atoms with Gasteiger partial charge in [0, 0.05) is 24.9 Å². The first-order valence-corrected chi connectivity index (χ1v) is 4.92. The van der Waals surface area contributed by atoms with Crippen molar-refractivity contribution in [2.24, 2.45) is 5.73 Å². The number of amides is 1. The summed E-state index contributed by atoms with van der Waals surface area (Å²) in [6.45, 7) is 1.50. The van der Waals surface area contributed by atoms with Crippen molar-refractivity contribution in [3.05, 3.63) is 36.0 Å². The van der Waals surface area contributed by atoms with E-state index in [4.69, 9.17) is 5.73 Å². The van der Waals surface area contributed by atoms with Crippen LogP contribution in [0.2, 0.25) is 0 Å². The van der Waals surface area contributed by atoms with Gasteiger partial charge in [0.05, 0.1) is 0 Å². The van der Waals surface area contributed by atoms with Crippen molar-refractivity contribution in [2.75, 3.05) is 18.0 Å². The van der Waals surface area contributed by atoms with E-state index in [1.807, 2.05) is 24.3 Å². The summed E-state index contributed by atoms with van der Waals surface area (Å²) < 4.78 is 0. The van der Waals surface area contributed by atoms with E-state index in [9.17, 15) is 4.79 Å². The van der Waals surface area contributed by atoms with Gasteiger partial charge in [-0.2, -0.15) is 0 Å². The molecule has 2 N–H and O–H groups in total. The summed E-state index contributed by atoms with van der Waals surface area (Å²) in [5.74, 6) is 0.632. The maximum absolute atomic E-state index is 10.9. The quantitative estimate of drug-likeness (QED) is 0.769. The number of hydrogen-bond donors (Lipinski definition) is 1. The van der Waals surface area contributed by atoms with E-state index in [2.05, 4.69) is 9.88 Å². The molecule has 0 saturated heterocycles. The predicted molar refractivity (Wildman–Crippen MR) is 58.3 cm³/mol. The van der Waals surface area contributed by atoms with Crippen molar-refractivity contribution in [1.82, 2.24) is 4.98 Å². The van der Waals surface area contributed by atoms with Crippen LogP contribution in [-0.4, -0.2) is 24.0 Å². The van der Waals surface area contributed by atoms with Gasteiger partial charge in [0.1, 0.15) is 5.82 Å². The lowest BCUT2D eigenvalue weighted by atomic mass is 10.1. The Bertz CT molecular complexity index is 386. The molecular formula is C11H13N3O. The number of carbonyl (C=O) groups excluding carboxylic acids is 1. The zero-order valence-electron chi connectivity index (χ0n) is 8.39. The third-order valence-electron chi connectivity index (χ3n) is 2.50. The van der Waals surface area contributed by atoms with Crippen molar-refractivity contribution < 1.29 is 4.79 Å². The Hall–Kier alpha value is -1.84. The molecule has 2 rings (SSSR count). The molecule has 78 valence electrons. The monoisotopic (exact) mass is 203 g/mol. The average Bonchev–Trinajstić information content (AvgIpc) is 2.30. The molecule has 1 amide bonds. The van der Waals surface area contributed by atoms with Crippen LogP contribution >= 0.6 is 0 Å². The van der Waals surface area contributed by atoms with Gasteiger partial charge in [-0.25, -0.2) is 4.98 Å². The first-order valence-electron chi connectivity index (χ1n) is 4.92. The smallest absolute Gasteiger partial charge is 0.244 e. The Morgan fingerprint density at radius 2 is 2.33 bits per heavy atom. The third-order valence-corrected chi connectivity index (χ3v) is 2.50. The number of aromatic nitrogens is 1. The number of hydrogen-bond acceptors (Lipinski definition) is 3. The fourth-order valence-corrected chi connectivity index (χ4v) is 1.64. The summed E-state index contributed by atoms with van der Waals surface area (Å²) >= 11 is 0. The maximum atomic E-state index is 10.9. The molecule has 0 unspecified atom stereocenters. The van der Waals surface area contributed by atoms with Crippen molar-refractivity contribution in [1.29, 1.82) is 0 Å². The first-order chi connectivity index (χ1) is 7.27. The highest BCUT2D eigenvalue weighted by Crippen LogP contribution is 2.16. The van der Waals surface area contributed by atoms with Crippen molar-refractivity contribution in [3.8, 4) is 0 Å². The van der Waals surface area contributed by atoms with Gasteiger partial charge in [-0.3, -0.25) is 4.79 Å².